The number of hydrogen-bond acceptors (Lipinski definition) is 8. The number of pyridine rings is 2. The monoisotopic (exact) mass is 510 g/mol. The lowest BCUT2D eigenvalue weighted by atomic mass is 10.0. The number of fused-ring (bicyclic) bond motifs is 1. The lowest BCUT2D eigenvalue weighted by molar-refractivity contribution is 0.280. The Balaban J connectivity index is 1.60. The normalized spacial score (nSPS) is 12.6. The van der Waals surface area contributed by atoms with Gasteiger partial charge in [0.2, 0.25) is 0 Å². The van der Waals surface area contributed by atoms with Crippen molar-refractivity contribution in [2.45, 2.75) is 18.5 Å². The molecule has 2 atom stereocenters. The highest BCUT2D eigenvalue weighted by Crippen LogP contribution is 2.37. The first kappa shape index (κ1) is 24.2. The van der Waals surface area contributed by atoms with Crippen molar-refractivity contribution in [1.29, 1.82) is 5.26 Å². The number of aliphatic hydroxyl groups is 1. The molecule has 0 saturated heterocycles. The van der Waals surface area contributed by atoms with Crippen LogP contribution in [-0.2, 0) is 0 Å². The summed E-state index contributed by atoms with van der Waals surface area (Å²) in [5.74, 6) is 0. The second kappa shape index (κ2) is 11.0. The van der Waals surface area contributed by atoms with Crippen LogP contribution in [-0.4, -0.2) is 37.1 Å². The quantitative estimate of drug-likeness (QED) is 0.217. The van der Waals surface area contributed by atoms with Crippen LogP contribution in [0.3, 0.4) is 0 Å². The van der Waals surface area contributed by atoms with Gasteiger partial charge in [-0.1, -0.05) is 53.2 Å². The molecule has 0 bridgehead atoms. The summed E-state index contributed by atoms with van der Waals surface area (Å²) in [6.07, 6.45) is 7.16. The van der Waals surface area contributed by atoms with E-state index in [1.807, 2.05) is 48.5 Å². The van der Waals surface area contributed by atoms with Crippen molar-refractivity contribution in [3.63, 3.8) is 0 Å². The number of hydrogen-bond donors (Lipinski definition) is 4. The maximum atomic E-state index is 9.90. The Bertz CT molecular complexity index is 1520. The molecule has 0 aliphatic carbocycles. The van der Waals surface area contributed by atoms with Gasteiger partial charge in [0.25, 0.3) is 0 Å². The summed E-state index contributed by atoms with van der Waals surface area (Å²) >= 11 is 6.70. The Morgan fingerprint density at radius 2 is 1.89 bits per heavy atom. The lowest BCUT2D eigenvalue weighted by Crippen LogP contribution is -2.15. The second-order valence-corrected chi connectivity index (χ2v) is 8.80. The number of aliphatic hydroxyl groups excluding tert-OH is 1. The highest BCUT2D eigenvalue weighted by atomic mass is 35.5. The minimum Gasteiger partial charge on any atom is -0.396 e. The maximum absolute atomic E-state index is 9.90. The lowest BCUT2D eigenvalue weighted by Gasteiger charge is -2.23. The number of nitrogens with one attached hydrogen (secondary N) is 3. The van der Waals surface area contributed by atoms with E-state index in [4.69, 9.17) is 11.6 Å². The van der Waals surface area contributed by atoms with Gasteiger partial charge in [0, 0.05) is 42.5 Å². The van der Waals surface area contributed by atoms with Crippen molar-refractivity contribution < 1.29 is 5.11 Å². The highest BCUT2D eigenvalue weighted by molar-refractivity contribution is 6.35. The number of benzene rings is 2. The van der Waals surface area contributed by atoms with Gasteiger partial charge in [-0.25, -0.2) is 0 Å². The molecular formula is C27H23ClN8O. The average Bonchev–Trinajstić information content (AvgIpc) is 3.47. The first-order valence-corrected chi connectivity index (χ1v) is 12.0. The van der Waals surface area contributed by atoms with Crippen molar-refractivity contribution >= 4 is 33.9 Å². The van der Waals surface area contributed by atoms with Crippen molar-refractivity contribution in [1.82, 2.24) is 25.4 Å². The van der Waals surface area contributed by atoms with Gasteiger partial charge >= 0.3 is 0 Å². The van der Waals surface area contributed by atoms with Gasteiger partial charge in [-0.3, -0.25) is 15.1 Å². The van der Waals surface area contributed by atoms with E-state index in [0.29, 0.717) is 45.0 Å². The molecule has 2 aromatic carbocycles. The van der Waals surface area contributed by atoms with E-state index in [0.717, 1.165) is 11.1 Å². The minimum atomic E-state index is -0.351. The van der Waals surface area contributed by atoms with Crippen LogP contribution in [0.4, 0.5) is 11.4 Å². The van der Waals surface area contributed by atoms with Crippen molar-refractivity contribution in [2.24, 2.45) is 0 Å². The van der Waals surface area contributed by atoms with E-state index < -0.39 is 0 Å². The molecule has 0 unspecified atom stereocenters. The Morgan fingerprint density at radius 1 is 1.05 bits per heavy atom. The van der Waals surface area contributed by atoms with E-state index in [-0.39, 0.29) is 18.7 Å². The second-order valence-electron chi connectivity index (χ2n) is 8.39. The zero-order valence-corrected chi connectivity index (χ0v) is 20.4. The molecule has 184 valence electrons. The number of rotatable bonds is 9. The first-order valence-electron chi connectivity index (χ1n) is 11.7. The summed E-state index contributed by atoms with van der Waals surface area (Å²) in [6.45, 7) is -0.0183. The fourth-order valence-corrected chi connectivity index (χ4v) is 4.56. The molecular weight excluding hydrogens is 488 g/mol. The molecule has 5 aromatic rings. The molecule has 0 radical (unpaired) electrons. The van der Waals surface area contributed by atoms with E-state index in [2.05, 4.69) is 42.1 Å². The fourth-order valence-electron chi connectivity index (χ4n) is 4.29. The van der Waals surface area contributed by atoms with Gasteiger partial charge in [-0.2, -0.15) is 5.26 Å². The number of anilines is 2. The Kier molecular flexibility index (Phi) is 7.21. The molecule has 3 heterocycles. The Morgan fingerprint density at radius 3 is 2.59 bits per heavy atom. The summed E-state index contributed by atoms with van der Waals surface area (Å²) in [5, 5.41) is 38.5. The molecule has 0 fully saturated rings. The van der Waals surface area contributed by atoms with Crippen LogP contribution in [0.25, 0.3) is 10.9 Å². The van der Waals surface area contributed by atoms with Crippen molar-refractivity contribution in [2.75, 3.05) is 17.2 Å². The molecule has 3 aromatic heterocycles. The third kappa shape index (κ3) is 5.21. The molecule has 0 saturated carbocycles. The SMILES string of the molecule is N#Cc1cnc2c(Cl)cc(N[C@@H](c3cccnc3)c3c[nH]nn3)cc2c1N[C@@H](CCO)c1ccccc1. The standard InChI is InChI=1S/C27H23ClN8O/c28-22-12-20(33-26(24-16-32-36-35-24)18-7-4-9-30-14-18)11-21-25(19(13-29)15-31-27(21)22)34-23(8-10-37)17-5-2-1-3-6-17/h1-7,9,11-12,14-16,23,26,33,37H,8,10H2,(H,31,34)(H,32,35,36)/t23-,26-/m0/s1. The summed E-state index contributed by atoms with van der Waals surface area (Å²) in [6, 6.07) is 18.9. The number of aromatic nitrogens is 5. The van der Waals surface area contributed by atoms with Crippen LogP contribution < -0.4 is 10.6 Å². The van der Waals surface area contributed by atoms with E-state index in [1.54, 1.807) is 24.7 Å². The van der Waals surface area contributed by atoms with E-state index in [9.17, 15) is 10.4 Å². The molecule has 10 heteroatoms. The number of nitriles is 1. The van der Waals surface area contributed by atoms with E-state index >= 15 is 0 Å². The Labute approximate surface area is 218 Å². The number of H-pyrrole nitrogens is 1. The van der Waals surface area contributed by atoms with Gasteiger partial charge < -0.3 is 15.7 Å². The molecule has 37 heavy (non-hydrogen) atoms. The highest BCUT2D eigenvalue weighted by Gasteiger charge is 2.21. The zero-order valence-electron chi connectivity index (χ0n) is 19.6. The molecule has 9 nitrogen and oxygen atoms in total. The molecule has 0 aliphatic heterocycles. The predicted molar refractivity (Wildman–Crippen MR) is 142 cm³/mol. The van der Waals surface area contributed by atoms with Crippen LogP contribution in [0.15, 0.2) is 79.4 Å². The summed E-state index contributed by atoms with van der Waals surface area (Å²) in [5.41, 5.74) is 4.80. The predicted octanol–water partition coefficient (Wildman–Crippen LogP) is 5.01. The third-order valence-electron chi connectivity index (χ3n) is 6.04. The summed E-state index contributed by atoms with van der Waals surface area (Å²) in [4.78, 5) is 8.70. The number of halogens is 1. The van der Waals surface area contributed by atoms with Gasteiger partial charge in [0.1, 0.15) is 11.8 Å². The van der Waals surface area contributed by atoms with Gasteiger partial charge in [-0.05, 0) is 35.7 Å². The van der Waals surface area contributed by atoms with Gasteiger partial charge in [0.05, 0.1) is 33.9 Å². The van der Waals surface area contributed by atoms with Crippen LogP contribution in [0.2, 0.25) is 5.02 Å². The van der Waals surface area contributed by atoms with Crippen LogP contribution in [0, 0.1) is 11.3 Å². The molecule has 5 rings (SSSR count). The van der Waals surface area contributed by atoms with Crippen molar-refractivity contribution in [3.05, 3.63) is 107 Å². The van der Waals surface area contributed by atoms with Crippen LogP contribution >= 0.6 is 11.6 Å². The summed E-state index contributed by atoms with van der Waals surface area (Å²) < 4.78 is 0. The largest absolute Gasteiger partial charge is 0.396 e. The first-order chi connectivity index (χ1) is 18.2. The number of nitrogens with zero attached hydrogens (tertiary/aromatic N) is 5. The van der Waals surface area contributed by atoms with Crippen LogP contribution in [0.1, 0.15) is 40.9 Å². The third-order valence-corrected chi connectivity index (χ3v) is 6.33. The van der Waals surface area contributed by atoms with Gasteiger partial charge in [-0.15, -0.1) is 5.10 Å². The smallest absolute Gasteiger partial charge is 0.109 e. The fraction of sp³-hybridized carbons (Fsp3) is 0.148. The maximum Gasteiger partial charge on any atom is 0.109 e. The zero-order chi connectivity index (χ0) is 25.6. The van der Waals surface area contributed by atoms with Crippen molar-refractivity contribution in [3.8, 4) is 6.07 Å². The molecule has 4 N–H and O–H groups in total. The van der Waals surface area contributed by atoms with E-state index in [1.165, 1.54) is 6.20 Å². The van der Waals surface area contributed by atoms with Gasteiger partial charge in [0.15, 0.2) is 0 Å². The molecule has 0 spiro atoms. The minimum absolute atomic E-state index is 0.0183. The molecule has 0 amide bonds. The molecule has 0 aliphatic rings. The summed E-state index contributed by atoms with van der Waals surface area (Å²) in [7, 11) is 0. The number of aromatic amines is 1. The topological polar surface area (TPSA) is 135 Å². The Hall–Kier alpha value is -4.52. The van der Waals surface area contributed by atoms with Crippen LogP contribution in [0.5, 0.6) is 0 Å². The average molecular weight is 511 g/mol.